The number of hydrogen-bond donors (Lipinski definition) is 1. The zero-order valence-corrected chi connectivity index (χ0v) is 15.6. The molecule has 24 heavy (non-hydrogen) atoms. The van der Waals surface area contributed by atoms with Crippen LogP contribution >= 0.6 is 0 Å². The first-order chi connectivity index (χ1) is 11.3. The highest BCUT2D eigenvalue weighted by Crippen LogP contribution is 2.19. The molecule has 0 bridgehead atoms. The lowest BCUT2D eigenvalue weighted by molar-refractivity contribution is 0.0933. The van der Waals surface area contributed by atoms with Crippen LogP contribution in [0.25, 0.3) is 0 Å². The summed E-state index contributed by atoms with van der Waals surface area (Å²) in [6.45, 7) is 3.65. The highest BCUT2D eigenvalue weighted by molar-refractivity contribution is 7.89. The van der Waals surface area contributed by atoms with E-state index < -0.39 is 10.0 Å². The fraction of sp³-hybridized carbons (Fsp3) is 0.611. The van der Waals surface area contributed by atoms with Crippen molar-refractivity contribution in [2.75, 3.05) is 7.05 Å². The highest BCUT2D eigenvalue weighted by atomic mass is 32.2. The van der Waals surface area contributed by atoms with Gasteiger partial charge in [0.1, 0.15) is 0 Å². The Labute approximate surface area is 145 Å². The lowest BCUT2D eigenvalue weighted by atomic mass is 10.1. The van der Waals surface area contributed by atoms with Crippen LogP contribution in [0, 0.1) is 0 Å². The first kappa shape index (κ1) is 18.9. The van der Waals surface area contributed by atoms with Gasteiger partial charge >= 0.3 is 0 Å². The second-order valence-corrected chi connectivity index (χ2v) is 8.80. The van der Waals surface area contributed by atoms with Crippen LogP contribution in [0.4, 0.5) is 0 Å². The minimum absolute atomic E-state index is 0.117. The molecule has 134 valence electrons. The molecule has 1 aromatic rings. The predicted molar refractivity (Wildman–Crippen MR) is 95.5 cm³/mol. The predicted octanol–water partition coefficient (Wildman–Crippen LogP) is 3.17. The molecule has 1 saturated carbocycles. The number of sulfonamides is 1. The molecular formula is C18H28N2O3S. The number of amides is 1. The second kappa shape index (κ2) is 8.12. The van der Waals surface area contributed by atoms with Crippen LogP contribution in [0.2, 0.25) is 0 Å². The summed E-state index contributed by atoms with van der Waals surface area (Å²) in [5, 5.41) is 3.08. The highest BCUT2D eigenvalue weighted by Gasteiger charge is 2.23. The van der Waals surface area contributed by atoms with Gasteiger partial charge in [-0.3, -0.25) is 4.79 Å². The van der Waals surface area contributed by atoms with Crippen LogP contribution in [0.15, 0.2) is 29.2 Å². The van der Waals surface area contributed by atoms with Gasteiger partial charge in [-0.2, -0.15) is 4.31 Å². The van der Waals surface area contributed by atoms with Gasteiger partial charge in [-0.1, -0.05) is 25.7 Å². The van der Waals surface area contributed by atoms with E-state index in [2.05, 4.69) is 5.32 Å². The normalized spacial score (nSPS) is 17.0. The Balaban J connectivity index is 2.07. The van der Waals surface area contributed by atoms with Gasteiger partial charge in [0.15, 0.2) is 0 Å². The van der Waals surface area contributed by atoms with E-state index in [1.807, 2.05) is 13.8 Å². The molecule has 6 heteroatoms. The van der Waals surface area contributed by atoms with E-state index in [0.29, 0.717) is 5.56 Å². The molecule has 1 aliphatic rings. The fourth-order valence-corrected chi connectivity index (χ4v) is 4.28. The quantitative estimate of drug-likeness (QED) is 0.828. The van der Waals surface area contributed by atoms with E-state index in [0.717, 1.165) is 25.7 Å². The molecule has 1 aliphatic carbocycles. The van der Waals surface area contributed by atoms with Crippen LogP contribution in [-0.2, 0) is 10.0 Å². The first-order valence-electron chi connectivity index (χ1n) is 8.71. The van der Waals surface area contributed by atoms with Crippen molar-refractivity contribution in [1.29, 1.82) is 0 Å². The maximum absolute atomic E-state index is 12.4. The topological polar surface area (TPSA) is 66.5 Å². The minimum atomic E-state index is -3.51. The molecule has 0 spiro atoms. The van der Waals surface area contributed by atoms with Gasteiger partial charge in [-0.15, -0.1) is 0 Å². The Kier molecular flexibility index (Phi) is 6.40. The molecule has 1 aromatic carbocycles. The molecule has 0 radical (unpaired) electrons. The lowest BCUT2D eigenvalue weighted by Gasteiger charge is -2.21. The van der Waals surface area contributed by atoms with Crippen molar-refractivity contribution < 1.29 is 13.2 Å². The number of rotatable bonds is 5. The molecule has 1 fully saturated rings. The van der Waals surface area contributed by atoms with Crippen LogP contribution in [0.5, 0.6) is 0 Å². The van der Waals surface area contributed by atoms with E-state index in [9.17, 15) is 13.2 Å². The van der Waals surface area contributed by atoms with Crippen molar-refractivity contribution in [3.8, 4) is 0 Å². The summed E-state index contributed by atoms with van der Waals surface area (Å²) in [5.41, 5.74) is 0.505. The summed E-state index contributed by atoms with van der Waals surface area (Å²) in [6, 6.07) is 6.32. The summed E-state index contributed by atoms with van der Waals surface area (Å²) >= 11 is 0. The Morgan fingerprint density at radius 2 is 1.62 bits per heavy atom. The van der Waals surface area contributed by atoms with Crippen molar-refractivity contribution in [3.63, 3.8) is 0 Å². The molecule has 1 amide bonds. The molecule has 0 heterocycles. The monoisotopic (exact) mass is 352 g/mol. The lowest BCUT2D eigenvalue weighted by Crippen LogP contribution is -2.34. The molecule has 0 aromatic heterocycles. The standard InChI is InChI=1S/C18H28N2O3S/c1-14(2)20(3)24(22,23)17-12-10-15(11-13-17)18(21)19-16-8-6-4-5-7-9-16/h10-14,16H,4-9H2,1-3H3,(H,19,21). The molecular weight excluding hydrogens is 324 g/mol. The third kappa shape index (κ3) is 4.57. The molecule has 1 N–H and O–H groups in total. The van der Waals surface area contributed by atoms with Gasteiger partial charge in [0.05, 0.1) is 4.90 Å². The van der Waals surface area contributed by atoms with Crippen LogP contribution in [0.1, 0.15) is 62.7 Å². The van der Waals surface area contributed by atoms with Crippen molar-refractivity contribution in [3.05, 3.63) is 29.8 Å². The zero-order chi connectivity index (χ0) is 17.7. The van der Waals surface area contributed by atoms with E-state index in [-0.39, 0.29) is 22.9 Å². The van der Waals surface area contributed by atoms with Crippen molar-refractivity contribution in [2.24, 2.45) is 0 Å². The maximum Gasteiger partial charge on any atom is 0.251 e. The summed E-state index contributed by atoms with van der Waals surface area (Å²) in [4.78, 5) is 12.6. The second-order valence-electron chi connectivity index (χ2n) is 6.80. The van der Waals surface area contributed by atoms with Gasteiger partial charge in [0.2, 0.25) is 10.0 Å². The maximum atomic E-state index is 12.4. The Bertz CT molecular complexity index is 645. The molecule has 5 nitrogen and oxygen atoms in total. The number of carbonyl (C=O) groups is 1. The summed E-state index contributed by atoms with van der Waals surface area (Å²) in [5.74, 6) is -0.122. The zero-order valence-electron chi connectivity index (χ0n) is 14.8. The number of nitrogens with zero attached hydrogens (tertiary/aromatic N) is 1. The summed E-state index contributed by atoms with van der Waals surface area (Å²) in [7, 11) is -1.95. The largest absolute Gasteiger partial charge is 0.349 e. The van der Waals surface area contributed by atoms with Crippen LogP contribution in [0.3, 0.4) is 0 Å². The van der Waals surface area contributed by atoms with E-state index >= 15 is 0 Å². The van der Waals surface area contributed by atoms with E-state index in [1.165, 1.54) is 29.3 Å². The average molecular weight is 353 g/mol. The molecule has 0 unspecified atom stereocenters. The molecule has 2 rings (SSSR count). The molecule has 0 saturated heterocycles. The molecule has 0 atom stereocenters. The minimum Gasteiger partial charge on any atom is -0.349 e. The molecule has 0 aliphatic heterocycles. The van der Waals surface area contributed by atoms with Gasteiger partial charge in [-0.25, -0.2) is 8.42 Å². The van der Waals surface area contributed by atoms with Gasteiger partial charge in [0.25, 0.3) is 5.91 Å². The first-order valence-corrected chi connectivity index (χ1v) is 10.2. The smallest absolute Gasteiger partial charge is 0.251 e. The Morgan fingerprint density at radius 1 is 1.08 bits per heavy atom. The van der Waals surface area contributed by atoms with Gasteiger partial charge < -0.3 is 5.32 Å². The summed E-state index contributed by atoms with van der Waals surface area (Å²) < 4.78 is 26.2. The van der Waals surface area contributed by atoms with Gasteiger partial charge in [0, 0.05) is 24.7 Å². The van der Waals surface area contributed by atoms with E-state index in [4.69, 9.17) is 0 Å². The van der Waals surface area contributed by atoms with E-state index in [1.54, 1.807) is 19.2 Å². The third-order valence-electron chi connectivity index (χ3n) is 4.71. The summed E-state index contributed by atoms with van der Waals surface area (Å²) in [6.07, 6.45) is 6.84. The Morgan fingerprint density at radius 3 is 2.12 bits per heavy atom. The van der Waals surface area contributed by atoms with Gasteiger partial charge in [-0.05, 0) is 51.0 Å². The van der Waals surface area contributed by atoms with Crippen molar-refractivity contribution in [1.82, 2.24) is 9.62 Å². The average Bonchev–Trinajstić information content (AvgIpc) is 2.82. The fourth-order valence-electron chi connectivity index (χ4n) is 2.91. The van der Waals surface area contributed by atoms with Crippen molar-refractivity contribution >= 4 is 15.9 Å². The number of carbonyl (C=O) groups excluding carboxylic acids is 1. The third-order valence-corrected chi connectivity index (χ3v) is 6.76. The van der Waals surface area contributed by atoms with Crippen LogP contribution < -0.4 is 5.32 Å². The number of benzene rings is 1. The number of nitrogens with one attached hydrogen (secondary N) is 1. The van der Waals surface area contributed by atoms with Crippen molar-refractivity contribution in [2.45, 2.75) is 69.4 Å². The Hall–Kier alpha value is -1.40. The number of hydrogen-bond acceptors (Lipinski definition) is 3. The van der Waals surface area contributed by atoms with Crippen LogP contribution in [-0.4, -0.2) is 37.8 Å². The SMILES string of the molecule is CC(C)N(C)S(=O)(=O)c1ccc(C(=O)NC2CCCCCC2)cc1.